The second kappa shape index (κ2) is 4.63. The van der Waals surface area contributed by atoms with Gasteiger partial charge in [-0.2, -0.15) is 0 Å². The highest BCUT2D eigenvalue weighted by molar-refractivity contribution is 5.96. The first-order valence-electron chi connectivity index (χ1n) is 6.18. The van der Waals surface area contributed by atoms with Crippen molar-refractivity contribution >= 4 is 22.7 Å². The molecule has 1 aromatic heterocycles. The minimum absolute atomic E-state index is 0.102. The second-order valence-electron chi connectivity index (χ2n) is 5.64. The Balaban J connectivity index is 2.60. The lowest BCUT2D eigenvalue weighted by atomic mass is 10.1. The first-order valence-corrected chi connectivity index (χ1v) is 6.18. The van der Waals surface area contributed by atoms with Crippen molar-refractivity contribution in [2.45, 2.75) is 33.3 Å². The van der Waals surface area contributed by atoms with Gasteiger partial charge in [0.15, 0.2) is 0 Å². The molecule has 0 bridgehead atoms. The number of hydrogen-bond acceptors (Lipinski definition) is 4. The molecular weight excluding hydrogens is 260 g/mol. The second-order valence-corrected chi connectivity index (χ2v) is 5.64. The van der Waals surface area contributed by atoms with Gasteiger partial charge in [0.25, 0.3) is 5.69 Å². The van der Waals surface area contributed by atoms with Gasteiger partial charge in [-0.25, -0.2) is 9.36 Å². The molecule has 106 valence electrons. The summed E-state index contributed by atoms with van der Waals surface area (Å²) < 4.78 is 6.44. The summed E-state index contributed by atoms with van der Waals surface area (Å²) in [6, 6.07) is 5.17. The van der Waals surface area contributed by atoms with Gasteiger partial charge in [-0.15, -0.1) is 0 Å². The Morgan fingerprint density at radius 3 is 2.55 bits per heavy atom. The van der Waals surface area contributed by atoms with Crippen LogP contribution in [0.3, 0.4) is 0 Å². The van der Waals surface area contributed by atoms with Crippen LogP contribution in [0.5, 0.6) is 0 Å². The van der Waals surface area contributed by atoms with E-state index in [0.29, 0.717) is 10.9 Å². The monoisotopic (exact) mass is 276 g/mol. The summed E-state index contributed by atoms with van der Waals surface area (Å²) in [6.07, 6.45) is 0.581. The first kappa shape index (κ1) is 14.0. The topological polar surface area (TPSA) is 74.4 Å². The van der Waals surface area contributed by atoms with Crippen LogP contribution in [0.4, 0.5) is 10.5 Å². The van der Waals surface area contributed by atoms with E-state index in [0.717, 1.165) is 5.56 Å². The average Bonchev–Trinajstić information content (AvgIpc) is 2.65. The Labute approximate surface area is 116 Å². The van der Waals surface area contributed by atoms with E-state index in [1.807, 2.05) is 6.92 Å². The maximum absolute atomic E-state index is 12.1. The van der Waals surface area contributed by atoms with Gasteiger partial charge in [-0.1, -0.05) is 11.6 Å². The van der Waals surface area contributed by atoms with Crippen LogP contribution in [-0.4, -0.2) is 21.2 Å². The van der Waals surface area contributed by atoms with Crippen molar-refractivity contribution in [3.63, 3.8) is 0 Å². The molecular formula is C14H16N2O4. The third-order valence-corrected chi connectivity index (χ3v) is 2.73. The minimum atomic E-state index is -0.660. The van der Waals surface area contributed by atoms with Crippen LogP contribution in [0.15, 0.2) is 24.4 Å². The van der Waals surface area contributed by atoms with Gasteiger partial charge in [-0.05, 0) is 39.8 Å². The number of nitro groups is 1. The molecule has 0 aliphatic rings. The Morgan fingerprint density at radius 2 is 2.00 bits per heavy atom. The summed E-state index contributed by atoms with van der Waals surface area (Å²) >= 11 is 0. The molecule has 1 heterocycles. The van der Waals surface area contributed by atoms with Crippen LogP contribution in [0, 0.1) is 17.0 Å². The maximum Gasteiger partial charge on any atom is 0.419 e. The van der Waals surface area contributed by atoms with Gasteiger partial charge in [0.1, 0.15) is 5.60 Å². The third-order valence-electron chi connectivity index (χ3n) is 2.73. The summed E-state index contributed by atoms with van der Waals surface area (Å²) in [5, 5.41) is 11.5. The zero-order valence-electron chi connectivity index (χ0n) is 11.8. The molecule has 2 rings (SSSR count). The summed E-state index contributed by atoms with van der Waals surface area (Å²) in [4.78, 5) is 22.7. The first-order chi connectivity index (χ1) is 9.19. The molecule has 1 aromatic carbocycles. The molecule has 6 nitrogen and oxygen atoms in total. The van der Waals surface area contributed by atoms with E-state index < -0.39 is 16.6 Å². The van der Waals surface area contributed by atoms with Gasteiger partial charge in [0.2, 0.25) is 0 Å². The van der Waals surface area contributed by atoms with E-state index in [9.17, 15) is 14.9 Å². The number of ether oxygens (including phenoxy) is 1. The standard InChI is InChI=1S/C14H16N2O4/c1-9-5-6-11-10(7-9)12(16(18)19)8-15(11)13(17)20-14(2,3)4/h5-8H,1-4H3. The normalized spacial score (nSPS) is 11.6. The summed E-state index contributed by atoms with van der Waals surface area (Å²) in [6.45, 7) is 7.08. The zero-order valence-corrected chi connectivity index (χ0v) is 11.8. The number of nitrogens with zero attached hydrogens (tertiary/aromatic N) is 2. The van der Waals surface area contributed by atoms with Crippen LogP contribution < -0.4 is 0 Å². The van der Waals surface area contributed by atoms with Gasteiger partial charge in [-0.3, -0.25) is 10.1 Å². The van der Waals surface area contributed by atoms with Gasteiger partial charge in [0.05, 0.1) is 22.0 Å². The van der Waals surface area contributed by atoms with Crippen molar-refractivity contribution in [3.8, 4) is 0 Å². The van der Waals surface area contributed by atoms with Crippen molar-refractivity contribution in [1.29, 1.82) is 0 Å². The van der Waals surface area contributed by atoms with Crippen LogP contribution in [0.1, 0.15) is 26.3 Å². The van der Waals surface area contributed by atoms with E-state index in [-0.39, 0.29) is 5.69 Å². The van der Waals surface area contributed by atoms with E-state index >= 15 is 0 Å². The molecule has 0 saturated carbocycles. The van der Waals surface area contributed by atoms with E-state index in [1.54, 1.807) is 39.0 Å². The molecule has 0 aliphatic heterocycles. The Bertz CT molecular complexity index is 695. The average molecular weight is 276 g/mol. The van der Waals surface area contributed by atoms with Crippen molar-refractivity contribution < 1.29 is 14.5 Å². The number of benzene rings is 1. The van der Waals surface area contributed by atoms with E-state index in [4.69, 9.17) is 4.74 Å². The molecule has 0 spiro atoms. The zero-order chi connectivity index (χ0) is 15.1. The van der Waals surface area contributed by atoms with Crippen molar-refractivity contribution in [3.05, 3.63) is 40.1 Å². The van der Waals surface area contributed by atoms with Crippen molar-refractivity contribution in [2.24, 2.45) is 0 Å². The van der Waals surface area contributed by atoms with E-state index in [2.05, 4.69) is 0 Å². The molecule has 6 heteroatoms. The lowest BCUT2D eigenvalue weighted by molar-refractivity contribution is -0.383. The fourth-order valence-electron chi connectivity index (χ4n) is 1.93. The highest BCUT2D eigenvalue weighted by atomic mass is 16.6. The Kier molecular flexibility index (Phi) is 3.25. The number of fused-ring (bicyclic) bond motifs is 1. The summed E-state index contributed by atoms with van der Waals surface area (Å²) in [7, 11) is 0. The number of rotatable bonds is 1. The molecule has 0 radical (unpaired) electrons. The molecule has 20 heavy (non-hydrogen) atoms. The fraction of sp³-hybridized carbons (Fsp3) is 0.357. The third kappa shape index (κ3) is 2.64. The van der Waals surface area contributed by atoms with E-state index in [1.165, 1.54) is 10.8 Å². The Hall–Kier alpha value is -2.37. The number of carbonyl (C=O) groups is 1. The van der Waals surface area contributed by atoms with Crippen molar-refractivity contribution in [1.82, 2.24) is 4.57 Å². The molecule has 0 unspecified atom stereocenters. The largest absolute Gasteiger partial charge is 0.443 e. The quantitative estimate of drug-likeness (QED) is 0.588. The highest BCUT2D eigenvalue weighted by Gasteiger charge is 2.24. The number of aromatic nitrogens is 1. The predicted octanol–water partition coefficient (Wildman–Crippen LogP) is 3.64. The number of aryl methyl sites for hydroxylation is 1. The Morgan fingerprint density at radius 1 is 1.35 bits per heavy atom. The fourth-order valence-corrected chi connectivity index (χ4v) is 1.93. The molecule has 2 aromatic rings. The summed E-state index contributed by atoms with van der Waals surface area (Å²) in [5.74, 6) is 0. The molecule has 0 aliphatic carbocycles. The predicted molar refractivity (Wildman–Crippen MR) is 75.0 cm³/mol. The molecule has 0 atom stereocenters. The van der Waals surface area contributed by atoms with Crippen LogP contribution >= 0.6 is 0 Å². The van der Waals surface area contributed by atoms with Gasteiger partial charge >= 0.3 is 6.09 Å². The van der Waals surface area contributed by atoms with Crippen LogP contribution in [0.2, 0.25) is 0 Å². The SMILES string of the molecule is Cc1ccc2c(c1)c([N+](=O)[O-])cn2C(=O)OC(C)(C)C. The summed E-state index contributed by atoms with van der Waals surface area (Å²) in [5.41, 5.74) is 0.598. The van der Waals surface area contributed by atoms with Crippen LogP contribution in [0.25, 0.3) is 10.9 Å². The molecule has 0 N–H and O–H groups in total. The smallest absolute Gasteiger partial charge is 0.419 e. The molecule has 0 fully saturated rings. The van der Waals surface area contributed by atoms with Crippen molar-refractivity contribution in [2.75, 3.05) is 0 Å². The molecule has 0 amide bonds. The minimum Gasteiger partial charge on any atom is -0.443 e. The van der Waals surface area contributed by atoms with Gasteiger partial charge in [0, 0.05) is 0 Å². The molecule has 0 saturated heterocycles. The number of hydrogen-bond donors (Lipinski definition) is 0. The lowest BCUT2D eigenvalue weighted by Gasteiger charge is -2.19. The number of carbonyl (C=O) groups excluding carboxylic acids is 1. The van der Waals surface area contributed by atoms with Gasteiger partial charge < -0.3 is 4.74 Å². The highest BCUT2D eigenvalue weighted by Crippen LogP contribution is 2.29. The maximum atomic E-state index is 12.1. The lowest BCUT2D eigenvalue weighted by Crippen LogP contribution is -2.26. The van der Waals surface area contributed by atoms with Crippen LogP contribution in [-0.2, 0) is 4.74 Å².